The summed E-state index contributed by atoms with van der Waals surface area (Å²) >= 11 is 1.27. The van der Waals surface area contributed by atoms with Gasteiger partial charge in [-0.05, 0) is 43.5 Å². The Morgan fingerprint density at radius 2 is 2.17 bits per heavy atom. The summed E-state index contributed by atoms with van der Waals surface area (Å²) in [6, 6.07) is 6.59. The number of aromatic nitrogens is 2. The van der Waals surface area contributed by atoms with Crippen LogP contribution < -0.4 is 5.32 Å². The van der Waals surface area contributed by atoms with Crippen molar-refractivity contribution in [2.24, 2.45) is 0 Å². The normalized spacial score (nSPS) is 12.6. The van der Waals surface area contributed by atoms with Crippen LogP contribution >= 0.6 is 11.7 Å². The lowest BCUT2D eigenvalue weighted by molar-refractivity contribution is 0.587. The van der Waals surface area contributed by atoms with Crippen LogP contribution in [0.25, 0.3) is 0 Å². The monoisotopic (exact) mass is 261 g/mol. The van der Waals surface area contributed by atoms with Crippen molar-refractivity contribution < 1.29 is 0 Å². The van der Waals surface area contributed by atoms with E-state index in [2.05, 4.69) is 53.0 Å². The Hall–Kier alpha value is -1.26. The van der Waals surface area contributed by atoms with Gasteiger partial charge in [-0.2, -0.15) is 8.75 Å². The molecular formula is C14H19N3S. The second kappa shape index (κ2) is 6.07. The molecule has 2 rings (SSSR count). The number of hydrogen-bond acceptors (Lipinski definition) is 4. The van der Waals surface area contributed by atoms with Crippen LogP contribution in [0.1, 0.15) is 41.8 Å². The van der Waals surface area contributed by atoms with Gasteiger partial charge in [-0.1, -0.05) is 25.1 Å². The topological polar surface area (TPSA) is 37.8 Å². The van der Waals surface area contributed by atoms with Gasteiger partial charge in [-0.15, -0.1) is 0 Å². The van der Waals surface area contributed by atoms with Gasteiger partial charge in [0, 0.05) is 0 Å². The molecule has 0 radical (unpaired) electrons. The zero-order chi connectivity index (χ0) is 13.0. The molecule has 4 heteroatoms. The van der Waals surface area contributed by atoms with Gasteiger partial charge < -0.3 is 5.32 Å². The van der Waals surface area contributed by atoms with Gasteiger partial charge in [0.25, 0.3) is 0 Å². The van der Waals surface area contributed by atoms with E-state index in [0.717, 1.165) is 18.7 Å². The average molecular weight is 261 g/mol. The molecule has 0 aliphatic carbocycles. The Bertz CT molecular complexity index is 494. The highest BCUT2D eigenvalue weighted by atomic mass is 32.1. The SMILES string of the molecule is CCCNC(c1cnsn1)c1cccc(C)c1C. The maximum absolute atomic E-state index is 4.38. The third-order valence-electron chi connectivity index (χ3n) is 3.23. The van der Waals surface area contributed by atoms with E-state index < -0.39 is 0 Å². The lowest BCUT2D eigenvalue weighted by Gasteiger charge is -2.19. The van der Waals surface area contributed by atoms with Crippen LogP contribution in [-0.4, -0.2) is 15.3 Å². The van der Waals surface area contributed by atoms with Gasteiger partial charge in [0.05, 0.1) is 29.7 Å². The molecule has 0 spiro atoms. The molecular weight excluding hydrogens is 242 g/mol. The summed E-state index contributed by atoms with van der Waals surface area (Å²) in [7, 11) is 0. The lowest BCUT2D eigenvalue weighted by Crippen LogP contribution is -2.24. The number of rotatable bonds is 5. The van der Waals surface area contributed by atoms with Crippen molar-refractivity contribution in [3.63, 3.8) is 0 Å². The number of nitrogens with zero attached hydrogens (tertiary/aromatic N) is 2. The fourth-order valence-electron chi connectivity index (χ4n) is 2.05. The highest BCUT2D eigenvalue weighted by Crippen LogP contribution is 2.25. The van der Waals surface area contributed by atoms with E-state index in [1.807, 2.05) is 6.20 Å². The summed E-state index contributed by atoms with van der Waals surface area (Å²) in [6.45, 7) is 7.47. The van der Waals surface area contributed by atoms with Gasteiger partial charge >= 0.3 is 0 Å². The van der Waals surface area contributed by atoms with Crippen molar-refractivity contribution in [3.05, 3.63) is 46.8 Å². The van der Waals surface area contributed by atoms with E-state index in [4.69, 9.17) is 0 Å². The van der Waals surface area contributed by atoms with Crippen LogP contribution in [0, 0.1) is 13.8 Å². The molecule has 0 saturated heterocycles. The predicted octanol–water partition coefficient (Wildman–Crippen LogP) is 3.24. The average Bonchev–Trinajstić information content (AvgIpc) is 2.88. The van der Waals surface area contributed by atoms with E-state index in [9.17, 15) is 0 Å². The number of nitrogens with one attached hydrogen (secondary N) is 1. The molecule has 1 N–H and O–H groups in total. The standard InChI is InChI=1S/C14H19N3S/c1-4-8-15-14(13-9-16-18-17-13)12-7-5-6-10(2)11(12)3/h5-7,9,14-15H,4,8H2,1-3H3. The number of benzene rings is 1. The molecule has 3 nitrogen and oxygen atoms in total. The van der Waals surface area contributed by atoms with Gasteiger partial charge in [-0.3, -0.25) is 0 Å². The molecule has 18 heavy (non-hydrogen) atoms. The van der Waals surface area contributed by atoms with E-state index in [1.54, 1.807) is 0 Å². The van der Waals surface area contributed by atoms with Gasteiger partial charge in [0.2, 0.25) is 0 Å². The molecule has 1 unspecified atom stereocenters. The van der Waals surface area contributed by atoms with Crippen LogP contribution in [0.3, 0.4) is 0 Å². The quantitative estimate of drug-likeness (QED) is 0.898. The summed E-state index contributed by atoms with van der Waals surface area (Å²) in [6.07, 6.45) is 2.97. The summed E-state index contributed by atoms with van der Waals surface area (Å²) in [5, 5.41) is 3.56. The summed E-state index contributed by atoms with van der Waals surface area (Å²) < 4.78 is 8.50. The number of aryl methyl sites for hydroxylation is 1. The third kappa shape index (κ3) is 2.76. The molecule has 96 valence electrons. The second-order valence-corrected chi connectivity index (χ2v) is 5.07. The van der Waals surface area contributed by atoms with Crippen LogP contribution in [0.2, 0.25) is 0 Å². The molecule has 2 aromatic rings. The Morgan fingerprint density at radius 1 is 1.33 bits per heavy atom. The first-order valence-corrected chi connectivity index (χ1v) is 7.04. The van der Waals surface area contributed by atoms with Crippen LogP contribution in [0.5, 0.6) is 0 Å². The Labute approximate surface area is 113 Å². The highest BCUT2D eigenvalue weighted by molar-refractivity contribution is 6.99. The lowest BCUT2D eigenvalue weighted by atomic mass is 9.96. The minimum atomic E-state index is 0.156. The van der Waals surface area contributed by atoms with Gasteiger partial charge in [0.15, 0.2) is 0 Å². The Balaban J connectivity index is 2.37. The molecule has 0 bridgehead atoms. The minimum Gasteiger partial charge on any atom is -0.305 e. The van der Waals surface area contributed by atoms with Crippen molar-refractivity contribution in [1.29, 1.82) is 0 Å². The van der Waals surface area contributed by atoms with E-state index in [0.29, 0.717) is 0 Å². The molecule has 0 aliphatic rings. The minimum absolute atomic E-state index is 0.156. The Kier molecular flexibility index (Phi) is 4.44. The fourth-order valence-corrected chi connectivity index (χ4v) is 2.50. The van der Waals surface area contributed by atoms with E-state index in [-0.39, 0.29) is 6.04 Å². The first-order chi connectivity index (χ1) is 8.74. The smallest absolute Gasteiger partial charge is 0.0957 e. The largest absolute Gasteiger partial charge is 0.305 e. The number of hydrogen-bond donors (Lipinski definition) is 1. The van der Waals surface area contributed by atoms with Crippen molar-refractivity contribution in [2.45, 2.75) is 33.2 Å². The van der Waals surface area contributed by atoms with Gasteiger partial charge in [0.1, 0.15) is 0 Å². The highest BCUT2D eigenvalue weighted by Gasteiger charge is 2.18. The van der Waals surface area contributed by atoms with Crippen LogP contribution in [0.4, 0.5) is 0 Å². The fraction of sp³-hybridized carbons (Fsp3) is 0.429. The summed E-state index contributed by atoms with van der Waals surface area (Å²) in [5.74, 6) is 0. The maximum atomic E-state index is 4.38. The van der Waals surface area contributed by atoms with Crippen molar-refractivity contribution in [1.82, 2.24) is 14.1 Å². The first-order valence-electron chi connectivity index (χ1n) is 6.31. The predicted molar refractivity (Wildman–Crippen MR) is 76.0 cm³/mol. The zero-order valence-electron chi connectivity index (χ0n) is 11.1. The Morgan fingerprint density at radius 3 is 2.83 bits per heavy atom. The van der Waals surface area contributed by atoms with Crippen molar-refractivity contribution in [2.75, 3.05) is 6.54 Å². The van der Waals surface area contributed by atoms with Crippen molar-refractivity contribution in [3.8, 4) is 0 Å². The molecule has 1 aromatic heterocycles. The van der Waals surface area contributed by atoms with Crippen LogP contribution in [0.15, 0.2) is 24.4 Å². The summed E-state index contributed by atoms with van der Waals surface area (Å²) in [4.78, 5) is 0. The molecule has 1 heterocycles. The van der Waals surface area contributed by atoms with Crippen molar-refractivity contribution >= 4 is 11.7 Å². The van der Waals surface area contributed by atoms with Gasteiger partial charge in [-0.25, -0.2) is 0 Å². The molecule has 0 aliphatic heterocycles. The molecule has 1 atom stereocenters. The molecule has 1 aromatic carbocycles. The molecule has 0 fully saturated rings. The van der Waals surface area contributed by atoms with Crippen LogP contribution in [-0.2, 0) is 0 Å². The first kappa shape index (κ1) is 13.2. The summed E-state index contributed by atoms with van der Waals surface area (Å²) in [5.41, 5.74) is 4.97. The zero-order valence-corrected chi connectivity index (χ0v) is 11.9. The maximum Gasteiger partial charge on any atom is 0.0957 e. The third-order valence-corrected chi connectivity index (χ3v) is 3.72. The van der Waals surface area contributed by atoms with E-state index in [1.165, 1.54) is 28.4 Å². The second-order valence-electron chi connectivity index (χ2n) is 4.51. The molecule has 0 saturated carbocycles. The molecule has 0 amide bonds. The van der Waals surface area contributed by atoms with E-state index >= 15 is 0 Å².